The molecule has 0 aliphatic heterocycles. The van der Waals surface area contributed by atoms with Gasteiger partial charge in [-0.2, -0.15) is 0 Å². The Kier molecular flexibility index (Phi) is 6.45. The molecule has 1 atom stereocenters. The molecule has 2 rings (SSSR count). The zero-order valence-corrected chi connectivity index (χ0v) is 13.7. The summed E-state index contributed by atoms with van der Waals surface area (Å²) in [6.07, 6.45) is 0.267. The number of ketones is 1. The summed E-state index contributed by atoms with van der Waals surface area (Å²) in [5.74, 6) is -1.28. The molecule has 0 fully saturated rings. The van der Waals surface area contributed by atoms with Gasteiger partial charge in [-0.05, 0) is 43.3 Å². The third kappa shape index (κ3) is 5.87. The van der Waals surface area contributed by atoms with Gasteiger partial charge in [0.25, 0.3) is 5.91 Å². The number of halogens is 1. The molecule has 0 aliphatic carbocycles. The fourth-order valence-corrected chi connectivity index (χ4v) is 2.04. The van der Waals surface area contributed by atoms with Gasteiger partial charge < -0.3 is 14.5 Å². The lowest BCUT2D eigenvalue weighted by molar-refractivity contribution is -0.154. The van der Waals surface area contributed by atoms with E-state index in [9.17, 15) is 18.8 Å². The number of hydrogen-bond donors (Lipinski definition) is 1. The molecule has 0 bridgehead atoms. The number of rotatable bonds is 8. The molecule has 0 spiro atoms. The van der Waals surface area contributed by atoms with Crippen molar-refractivity contribution in [2.24, 2.45) is 0 Å². The Morgan fingerprint density at radius 1 is 1.16 bits per heavy atom. The minimum atomic E-state index is -0.983. The van der Waals surface area contributed by atoms with E-state index in [1.807, 2.05) is 0 Å². The first-order valence-corrected chi connectivity index (χ1v) is 7.74. The van der Waals surface area contributed by atoms with Crippen LogP contribution < -0.4 is 5.32 Å². The number of benzene rings is 1. The number of amides is 1. The minimum Gasteiger partial charge on any atom is -0.467 e. The maximum absolute atomic E-state index is 12.8. The van der Waals surface area contributed by atoms with E-state index in [0.29, 0.717) is 11.3 Å². The largest absolute Gasteiger partial charge is 0.467 e. The van der Waals surface area contributed by atoms with Gasteiger partial charge in [-0.15, -0.1) is 0 Å². The Bertz CT molecular complexity index is 724. The topological polar surface area (TPSA) is 85.6 Å². The van der Waals surface area contributed by atoms with Gasteiger partial charge in [0.05, 0.1) is 19.2 Å². The summed E-state index contributed by atoms with van der Waals surface area (Å²) in [6, 6.07) is 8.47. The van der Waals surface area contributed by atoms with Crippen LogP contribution in [0.1, 0.15) is 35.9 Å². The molecule has 0 aliphatic rings. The molecule has 1 amide bonds. The summed E-state index contributed by atoms with van der Waals surface area (Å²) in [7, 11) is 0. The van der Waals surface area contributed by atoms with E-state index >= 15 is 0 Å². The van der Waals surface area contributed by atoms with Gasteiger partial charge >= 0.3 is 5.97 Å². The maximum Gasteiger partial charge on any atom is 0.307 e. The van der Waals surface area contributed by atoms with Crippen LogP contribution >= 0.6 is 0 Å². The van der Waals surface area contributed by atoms with Crippen LogP contribution in [-0.4, -0.2) is 23.8 Å². The van der Waals surface area contributed by atoms with Crippen LogP contribution in [0.5, 0.6) is 0 Å². The van der Waals surface area contributed by atoms with Crippen molar-refractivity contribution in [3.8, 4) is 0 Å². The monoisotopic (exact) mass is 347 g/mol. The van der Waals surface area contributed by atoms with Crippen molar-refractivity contribution in [2.75, 3.05) is 0 Å². The molecule has 0 saturated heterocycles. The highest BCUT2D eigenvalue weighted by Crippen LogP contribution is 2.08. The molecule has 0 radical (unpaired) electrons. The average Bonchev–Trinajstić information content (AvgIpc) is 3.11. The Labute approximate surface area is 144 Å². The summed E-state index contributed by atoms with van der Waals surface area (Å²) in [5, 5.41) is 2.57. The number of esters is 1. The van der Waals surface area contributed by atoms with Gasteiger partial charge in [0.2, 0.25) is 0 Å². The molecular weight excluding hydrogens is 329 g/mol. The Morgan fingerprint density at radius 2 is 1.88 bits per heavy atom. The number of nitrogens with one attached hydrogen (secondary N) is 1. The van der Waals surface area contributed by atoms with Crippen molar-refractivity contribution in [2.45, 2.75) is 32.4 Å². The van der Waals surface area contributed by atoms with E-state index in [0.717, 1.165) is 0 Å². The van der Waals surface area contributed by atoms with E-state index < -0.39 is 23.8 Å². The predicted octanol–water partition coefficient (Wildman–Crippen LogP) is 2.63. The van der Waals surface area contributed by atoms with Gasteiger partial charge in [0.1, 0.15) is 11.6 Å². The zero-order chi connectivity index (χ0) is 18.2. The second-order valence-corrected chi connectivity index (χ2v) is 5.36. The molecular formula is C18H18FNO5. The second kappa shape index (κ2) is 8.77. The third-order valence-electron chi connectivity index (χ3n) is 3.42. The molecule has 7 heteroatoms. The third-order valence-corrected chi connectivity index (χ3v) is 3.42. The molecule has 2 aromatic rings. The average molecular weight is 347 g/mol. The van der Waals surface area contributed by atoms with Crippen molar-refractivity contribution in [3.63, 3.8) is 0 Å². The fourth-order valence-electron chi connectivity index (χ4n) is 2.04. The van der Waals surface area contributed by atoms with Crippen LogP contribution in [0.25, 0.3) is 0 Å². The minimum absolute atomic E-state index is 0.0782. The van der Waals surface area contributed by atoms with E-state index in [2.05, 4.69) is 5.32 Å². The smallest absolute Gasteiger partial charge is 0.307 e. The van der Waals surface area contributed by atoms with Crippen LogP contribution in [-0.2, 0) is 20.9 Å². The molecule has 1 aromatic carbocycles. The molecule has 25 heavy (non-hydrogen) atoms. The van der Waals surface area contributed by atoms with Crippen molar-refractivity contribution in [1.29, 1.82) is 0 Å². The van der Waals surface area contributed by atoms with Crippen LogP contribution in [0.3, 0.4) is 0 Å². The summed E-state index contributed by atoms with van der Waals surface area (Å²) in [5.41, 5.74) is 0.318. The molecule has 1 heterocycles. The van der Waals surface area contributed by atoms with E-state index in [1.165, 1.54) is 37.5 Å². The first-order valence-electron chi connectivity index (χ1n) is 7.74. The predicted molar refractivity (Wildman–Crippen MR) is 86.1 cm³/mol. The molecule has 6 nitrogen and oxygen atoms in total. The molecule has 1 N–H and O–H groups in total. The van der Waals surface area contributed by atoms with E-state index in [-0.39, 0.29) is 25.2 Å². The van der Waals surface area contributed by atoms with Crippen molar-refractivity contribution in [1.82, 2.24) is 5.32 Å². The Morgan fingerprint density at radius 3 is 2.52 bits per heavy atom. The number of furan rings is 1. The zero-order valence-electron chi connectivity index (χ0n) is 13.7. The first kappa shape index (κ1) is 18.4. The number of hydrogen-bond acceptors (Lipinski definition) is 5. The van der Waals surface area contributed by atoms with Crippen LogP contribution in [0.4, 0.5) is 4.39 Å². The van der Waals surface area contributed by atoms with Crippen LogP contribution in [0, 0.1) is 5.82 Å². The number of carbonyl (C=O) groups excluding carboxylic acids is 3. The second-order valence-electron chi connectivity index (χ2n) is 5.36. The van der Waals surface area contributed by atoms with Gasteiger partial charge in [-0.25, -0.2) is 4.39 Å². The van der Waals surface area contributed by atoms with Gasteiger partial charge in [-0.3, -0.25) is 14.4 Å². The van der Waals surface area contributed by atoms with Crippen LogP contribution in [0.15, 0.2) is 47.1 Å². The number of Topliss-reactive ketones (excluding diaryl/α,β-unsaturated/α-hetero) is 1. The summed E-state index contributed by atoms with van der Waals surface area (Å²) in [4.78, 5) is 35.5. The SMILES string of the molecule is C[C@H](OC(=O)CCC(=O)c1ccc(F)cc1)C(=O)NCc1ccco1. The number of carbonyl (C=O) groups is 3. The maximum atomic E-state index is 12.8. The molecule has 0 unspecified atom stereocenters. The highest BCUT2D eigenvalue weighted by atomic mass is 19.1. The fraction of sp³-hybridized carbons (Fsp3) is 0.278. The lowest BCUT2D eigenvalue weighted by Crippen LogP contribution is -2.35. The molecule has 0 saturated carbocycles. The number of ether oxygens (including phenoxy) is 1. The lowest BCUT2D eigenvalue weighted by Gasteiger charge is -2.12. The first-order chi connectivity index (χ1) is 12.0. The highest BCUT2D eigenvalue weighted by molar-refractivity contribution is 5.97. The summed E-state index contributed by atoms with van der Waals surface area (Å²) in [6.45, 7) is 1.63. The van der Waals surface area contributed by atoms with Gasteiger partial charge in [0, 0.05) is 12.0 Å². The molecule has 132 valence electrons. The summed E-state index contributed by atoms with van der Waals surface area (Å²) < 4.78 is 22.9. The van der Waals surface area contributed by atoms with Crippen molar-refractivity contribution < 1.29 is 27.9 Å². The van der Waals surface area contributed by atoms with Crippen molar-refractivity contribution >= 4 is 17.7 Å². The van der Waals surface area contributed by atoms with Gasteiger partial charge in [0.15, 0.2) is 11.9 Å². The van der Waals surface area contributed by atoms with Crippen molar-refractivity contribution in [3.05, 3.63) is 59.8 Å². The standard InChI is InChI=1S/C18H18FNO5/c1-12(18(23)20-11-15-3-2-10-24-15)25-17(22)9-8-16(21)13-4-6-14(19)7-5-13/h2-7,10,12H,8-9,11H2,1H3,(H,20,23)/t12-/m0/s1. The van der Waals surface area contributed by atoms with E-state index in [4.69, 9.17) is 9.15 Å². The Balaban J connectivity index is 1.72. The lowest BCUT2D eigenvalue weighted by atomic mass is 10.1. The van der Waals surface area contributed by atoms with Crippen LogP contribution in [0.2, 0.25) is 0 Å². The molecule has 1 aromatic heterocycles. The normalized spacial score (nSPS) is 11.6. The quantitative estimate of drug-likeness (QED) is 0.586. The Hall–Kier alpha value is -2.96. The summed E-state index contributed by atoms with van der Waals surface area (Å²) >= 11 is 0. The highest BCUT2D eigenvalue weighted by Gasteiger charge is 2.18. The van der Waals surface area contributed by atoms with E-state index in [1.54, 1.807) is 12.1 Å². The van der Waals surface area contributed by atoms with Gasteiger partial charge in [-0.1, -0.05) is 0 Å².